The van der Waals surface area contributed by atoms with Crippen LogP contribution in [-0.2, 0) is 0 Å². The Morgan fingerprint density at radius 1 is 1.21 bits per heavy atom. The van der Waals surface area contributed by atoms with Crippen molar-refractivity contribution in [2.75, 3.05) is 18.0 Å². The summed E-state index contributed by atoms with van der Waals surface area (Å²) in [5, 5.41) is 4.95. The number of benzene rings is 1. The molecule has 0 amide bonds. The van der Waals surface area contributed by atoms with Crippen molar-refractivity contribution in [1.29, 1.82) is 0 Å². The number of aromatic nitrogens is 4. The average Bonchev–Trinajstić information content (AvgIpc) is 3.05. The maximum Gasteiger partial charge on any atom is 0.254 e. The van der Waals surface area contributed by atoms with Gasteiger partial charge in [0.2, 0.25) is 0 Å². The van der Waals surface area contributed by atoms with E-state index < -0.39 is 0 Å². The Morgan fingerprint density at radius 2 is 2.00 bits per heavy atom. The summed E-state index contributed by atoms with van der Waals surface area (Å²) >= 11 is 6.18. The van der Waals surface area contributed by atoms with Crippen molar-refractivity contribution in [3.63, 3.8) is 0 Å². The SMILES string of the molecule is Cc1cc(N2CCC(Oc3ccccc3Cl)CC2)n2ncnc2n1. The van der Waals surface area contributed by atoms with E-state index in [9.17, 15) is 0 Å². The van der Waals surface area contributed by atoms with Gasteiger partial charge in [-0.2, -0.15) is 14.6 Å². The maximum atomic E-state index is 6.18. The molecule has 6 nitrogen and oxygen atoms in total. The number of rotatable bonds is 3. The highest BCUT2D eigenvalue weighted by atomic mass is 35.5. The van der Waals surface area contributed by atoms with E-state index in [4.69, 9.17) is 16.3 Å². The second-order valence-electron chi connectivity index (χ2n) is 5.96. The van der Waals surface area contributed by atoms with Crippen LogP contribution in [-0.4, -0.2) is 38.8 Å². The van der Waals surface area contributed by atoms with Crippen molar-refractivity contribution in [2.24, 2.45) is 0 Å². The summed E-state index contributed by atoms with van der Waals surface area (Å²) in [4.78, 5) is 10.9. The molecule has 7 heteroatoms. The summed E-state index contributed by atoms with van der Waals surface area (Å²) in [7, 11) is 0. The topological polar surface area (TPSA) is 55.6 Å². The Morgan fingerprint density at radius 3 is 2.79 bits per heavy atom. The molecule has 0 spiro atoms. The van der Waals surface area contributed by atoms with Gasteiger partial charge in [0.25, 0.3) is 5.78 Å². The predicted molar refractivity (Wildman–Crippen MR) is 92.8 cm³/mol. The molecule has 1 aliphatic rings. The first-order chi connectivity index (χ1) is 11.7. The molecule has 2 aromatic heterocycles. The average molecular weight is 344 g/mol. The van der Waals surface area contributed by atoms with Gasteiger partial charge in [-0.3, -0.25) is 0 Å². The van der Waals surface area contributed by atoms with Gasteiger partial charge < -0.3 is 9.64 Å². The lowest BCUT2D eigenvalue weighted by molar-refractivity contribution is 0.170. The number of piperidine rings is 1. The Bertz CT molecular complexity index is 857. The molecule has 0 bridgehead atoms. The molecule has 0 N–H and O–H groups in total. The van der Waals surface area contributed by atoms with Crippen LogP contribution in [0.2, 0.25) is 5.02 Å². The largest absolute Gasteiger partial charge is 0.489 e. The Balaban J connectivity index is 1.48. The van der Waals surface area contributed by atoms with Gasteiger partial charge >= 0.3 is 0 Å². The molecule has 0 radical (unpaired) electrons. The molecular formula is C17H18ClN5O. The summed E-state index contributed by atoms with van der Waals surface area (Å²) in [5.74, 6) is 2.43. The van der Waals surface area contributed by atoms with E-state index in [0.717, 1.165) is 43.2 Å². The lowest BCUT2D eigenvalue weighted by atomic mass is 10.1. The highest BCUT2D eigenvalue weighted by Gasteiger charge is 2.23. The molecule has 0 saturated carbocycles. The Hall–Kier alpha value is -2.34. The molecule has 0 atom stereocenters. The minimum absolute atomic E-state index is 0.176. The van der Waals surface area contributed by atoms with Crippen LogP contribution in [0.1, 0.15) is 18.5 Å². The van der Waals surface area contributed by atoms with Crippen molar-refractivity contribution in [3.8, 4) is 5.75 Å². The number of hydrogen-bond donors (Lipinski definition) is 0. The molecule has 0 unspecified atom stereocenters. The van der Waals surface area contributed by atoms with Gasteiger partial charge in [0.05, 0.1) is 5.02 Å². The molecular weight excluding hydrogens is 326 g/mol. The van der Waals surface area contributed by atoms with E-state index in [1.54, 1.807) is 10.8 Å². The van der Waals surface area contributed by atoms with Crippen LogP contribution in [0.15, 0.2) is 36.7 Å². The third-order valence-corrected chi connectivity index (χ3v) is 4.57. The number of anilines is 1. The molecule has 24 heavy (non-hydrogen) atoms. The fourth-order valence-electron chi connectivity index (χ4n) is 3.06. The summed E-state index contributed by atoms with van der Waals surface area (Å²) < 4.78 is 7.85. The third-order valence-electron chi connectivity index (χ3n) is 4.26. The molecule has 1 saturated heterocycles. The van der Waals surface area contributed by atoms with Crippen LogP contribution in [0, 0.1) is 6.92 Å². The minimum Gasteiger partial charge on any atom is -0.489 e. The number of nitrogens with zero attached hydrogens (tertiary/aromatic N) is 5. The summed E-state index contributed by atoms with van der Waals surface area (Å²) in [6.07, 6.45) is 3.58. The number of hydrogen-bond acceptors (Lipinski definition) is 5. The normalized spacial score (nSPS) is 15.8. The summed E-state index contributed by atoms with van der Waals surface area (Å²) in [6, 6.07) is 9.68. The molecule has 1 fully saturated rings. The molecule has 4 rings (SSSR count). The van der Waals surface area contributed by atoms with Gasteiger partial charge in [0.1, 0.15) is 24.0 Å². The molecule has 1 aromatic carbocycles. The number of fused-ring (bicyclic) bond motifs is 1. The van der Waals surface area contributed by atoms with Crippen LogP contribution in [0.3, 0.4) is 0 Å². The van der Waals surface area contributed by atoms with Gasteiger partial charge in [0, 0.05) is 37.7 Å². The predicted octanol–water partition coefficient (Wildman–Crippen LogP) is 3.13. The minimum atomic E-state index is 0.176. The van der Waals surface area contributed by atoms with E-state index in [2.05, 4.69) is 26.0 Å². The second kappa shape index (κ2) is 6.28. The quantitative estimate of drug-likeness (QED) is 0.731. The Labute approximate surface area is 145 Å². The van der Waals surface area contributed by atoms with E-state index in [-0.39, 0.29) is 6.10 Å². The van der Waals surface area contributed by atoms with Gasteiger partial charge in [-0.25, -0.2) is 4.98 Å². The van der Waals surface area contributed by atoms with E-state index in [0.29, 0.717) is 10.8 Å². The molecule has 1 aliphatic heterocycles. The first kappa shape index (κ1) is 15.2. The van der Waals surface area contributed by atoms with Crippen molar-refractivity contribution >= 4 is 23.2 Å². The fraction of sp³-hybridized carbons (Fsp3) is 0.353. The first-order valence-corrected chi connectivity index (χ1v) is 8.42. The zero-order valence-electron chi connectivity index (χ0n) is 13.4. The molecule has 3 aromatic rings. The van der Waals surface area contributed by atoms with Crippen LogP contribution in [0.4, 0.5) is 5.82 Å². The Kier molecular flexibility index (Phi) is 3.98. The number of ether oxygens (including phenoxy) is 1. The van der Waals surface area contributed by atoms with Crippen molar-refractivity contribution in [1.82, 2.24) is 19.6 Å². The lowest BCUT2D eigenvalue weighted by Crippen LogP contribution is -2.39. The number of para-hydroxylation sites is 1. The highest BCUT2D eigenvalue weighted by Crippen LogP contribution is 2.28. The standard InChI is InChI=1S/C17H18ClN5O/c1-12-10-16(23-17(21-12)19-11-20-23)22-8-6-13(7-9-22)24-15-5-3-2-4-14(15)18/h2-5,10-11,13H,6-9H2,1H3. The molecule has 3 heterocycles. The van der Waals surface area contributed by atoms with E-state index in [1.807, 2.05) is 31.2 Å². The zero-order valence-corrected chi connectivity index (χ0v) is 14.1. The van der Waals surface area contributed by atoms with E-state index in [1.165, 1.54) is 0 Å². The van der Waals surface area contributed by atoms with Crippen LogP contribution >= 0.6 is 11.6 Å². The van der Waals surface area contributed by atoms with Crippen molar-refractivity contribution < 1.29 is 4.74 Å². The second-order valence-corrected chi connectivity index (χ2v) is 6.37. The smallest absolute Gasteiger partial charge is 0.254 e. The summed E-state index contributed by atoms with van der Waals surface area (Å²) in [5.41, 5.74) is 0.944. The van der Waals surface area contributed by atoms with Gasteiger partial charge in [-0.1, -0.05) is 23.7 Å². The van der Waals surface area contributed by atoms with Gasteiger partial charge in [-0.05, 0) is 19.1 Å². The third kappa shape index (κ3) is 2.89. The van der Waals surface area contributed by atoms with Crippen LogP contribution in [0.25, 0.3) is 5.78 Å². The van der Waals surface area contributed by atoms with Crippen LogP contribution < -0.4 is 9.64 Å². The van der Waals surface area contributed by atoms with Gasteiger partial charge in [-0.15, -0.1) is 0 Å². The van der Waals surface area contributed by atoms with Crippen molar-refractivity contribution in [3.05, 3.63) is 47.4 Å². The van der Waals surface area contributed by atoms with E-state index >= 15 is 0 Å². The fourth-order valence-corrected chi connectivity index (χ4v) is 3.24. The van der Waals surface area contributed by atoms with Crippen LogP contribution in [0.5, 0.6) is 5.75 Å². The van der Waals surface area contributed by atoms with Crippen molar-refractivity contribution in [2.45, 2.75) is 25.9 Å². The maximum absolute atomic E-state index is 6.18. The summed E-state index contributed by atoms with van der Waals surface area (Å²) in [6.45, 7) is 3.77. The molecule has 124 valence electrons. The lowest BCUT2D eigenvalue weighted by Gasteiger charge is -2.33. The van der Waals surface area contributed by atoms with Gasteiger partial charge in [0.15, 0.2) is 0 Å². The highest BCUT2D eigenvalue weighted by molar-refractivity contribution is 6.32. The zero-order chi connectivity index (χ0) is 16.5. The monoisotopic (exact) mass is 343 g/mol. The molecule has 0 aliphatic carbocycles. The number of halogens is 1. The number of aryl methyl sites for hydroxylation is 1. The first-order valence-electron chi connectivity index (χ1n) is 8.04.